The maximum absolute atomic E-state index is 13.1. The summed E-state index contributed by atoms with van der Waals surface area (Å²) in [5.74, 6) is -0.663. The van der Waals surface area contributed by atoms with Gasteiger partial charge in [0.15, 0.2) is 11.5 Å². The summed E-state index contributed by atoms with van der Waals surface area (Å²) >= 11 is 0. The van der Waals surface area contributed by atoms with Crippen LogP contribution in [0.5, 0.6) is 17.2 Å². The summed E-state index contributed by atoms with van der Waals surface area (Å²) in [4.78, 5) is 25.3. The Kier molecular flexibility index (Phi) is 8.57. The molecule has 2 aromatic rings. The minimum atomic E-state index is -3.94. The maximum Gasteiger partial charge on any atom is 0.340 e. The van der Waals surface area contributed by atoms with Crippen LogP contribution < -0.4 is 24.2 Å². The molecular weight excluding hydrogens is 476 g/mol. The molecule has 0 aliphatic heterocycles. The van der Waals surface area contributed by atoms with Crippen LogP contribution in [0.15, 0.2) is 35.2 Å². The largest absolute Gasteiger partial charge is 0.495 e. The first-order valence-corrected chi connectivity index (χ1v) is 12.6. The van der Waals surface area contributed by atoms with Crippen molar-refractivity contribution in [3.63, 3.8) is 0 Å². The van der Waals surface area contributed by atoms with Crippen LogP contribution in [0.3, 0.4) is 0 Å². The summed E-state index contributed by atoms with van der Waals surface area (Å²) in [5, 5.41) is 2.63. The number of anilines is 1. The second-order valence-corrected chi connectivity index (χ2v) is 9.70. The molecular formula is C24H30N2O8S. The van der Waals surface area contributed by atoms with Crippen LogP contribution in [0.1, 0.15) is 52.8 Å². The van der Waals surface area contributed by atoms with Crippen LogP contribution in [-0.2, 0) is 14.8 Å². The summed E-state index contributed by atoms with van der Waals surface area (Å²) in [5.41, 5.74) is 0.208. The van der Waals surface area contributed by atoms with Gasteiger partial charge in [-0.3, -0.25) is 4.79 Å². The van der Waals surface area contributed by atoms with E-state index < -0.39 is 21.9 Å². The molecule has 3 rings (SSSR count). The third-order valence-corrected chi connectivity index (χ3v) is 7.36. The van der Waals surface area contributed by atoms with Crippen molar-refractivity contribution in [3.8, 4) is 17.2 Å². The highest BCUT2D eigenvalue weighted by Crippen LogP contribution is 2.34. The lowest BCUT2D eigenvalue weighted by molar-refractivity contribution is 0.0601. The Morgan fingerprint density at radius 3 is 2.09 bits per heavy atom. The van der Waals surface area contributed by atoms with Gasteiger partial charge in [0.2, 0.25) is 10.0 Å². The second-order valence-electron chi connectivity index (χ2n) is 8.02. The van der Waals surface area contributed by atoms with E-state index in [9.17, 15) is 18.0 Å². The van der Waals surface area contributed by atoms with Gasteiger partial charge in [0.25, 0.3) is 5.91 Å². The lowest BCUT2D eigenvalue weighted by Gasteiger charge is -2.23. The number of esters is 1. The average Bonchev–Trinajstić information content (AvgIpc) is 2.87. The smallest absolute Gasteiger partial charge is 0.340 e. The van der Waals surface area contributed by atoms with Crippen LogP contribution in [0.25, 0.3) is 0 Å². The molecule has 0 bridgehead atoms. The fourth-order valence-corrected chi connectivity index (χ4v) is 5.49. The fourth-order valence-electron chi connectivity index (χ4n) is 3.99. The summed E-state index contributed by atoms with van der Waals surface area (Å²) < 4.78 is 49.6. The van der Waals surface area contributed by atoms with Gasteiger partial charge in [-0.05, 0) is 31.0 Å². The summed E-state index contributed by atoms with van der Waals surface area (Å²) in [6, 6.07) is 6.75. The van der Waals surface area contributed by atoms with Gasteiger partial charge in [0.1, 0.15) is 10.6 Å². The highest BCUT2D eigenvalue weighted by atomic mass is 32.2. The van der Waals surface area contributed by atoms with Crippen molar-refractivity contribution in [2.24, 2.45) is 0 Å². The minimum absolute atomic E-state index is 0.0406. The zero-order chi connectivity index (χ0) is 25.6. The number of rotatable bonds is 9. The molecule has 35 heavy (non-hydrogen) atoms. The fraction of sp³-hybridized carbons (Fsp3) is 0.417. The maximum atomic E-state index is 13.1. The zero-order valence-electron chi connectivity index (χ0n) is 20.2. The first kappa shape index (κ1) is 26.3. The van der Waals surface area contributed by atoms with Crippen molar-refractivity contribution >= 4 is 27.6 Å². The Labute approximate surface area is 204 Å². The van der Waals surface area contributed by atoms with E-state index in [0.29, 0.717) is 0 Å². The van der Waals surface area contributed by atoms with Crippen molar-refractivity contribution in [3.05, 3.63) is 41.5 Å². The zero-order valence-corrected chi connectivity index (χ0v) is 21.0. The minimum Gasteiger partial charge on any atom is -0.495 e. The molecule has 2 aromatic carbocycles. The number of sulfonamides is 1. The molecule has 0 radical (unpaired) electrons. The molecule has 1 amide bonds. The van der Waals surface area contributed by atoms with Crippen LogP contribution >= 0.6 is 0 Å². The van der Waals surface area contributed by atoms with Gasteiger partial charge in [-0.2, -0.15) is 0 Å². The standard InChI is InChI=1S/C24H30N2O8S/c1-31-19-11-10-15(12-22(19)35(29,30)26-16-8-6-5-7-9-16)23(27)25-18-14-21(33-3)20(32-2)13-17(18)24(28)34-4/h10-14,16,26H,5-9H2,1-4H3,(H,25,27). The molecule has 0 heterocycles. The quantitative estimate of drug-likeness (QED) is 0.496. The first-order chi connectivity index (χ1) is 16.7. The molecule has 190 valence electrons. The van der Waals surface area contributed by atoms with Crippen LogP contribution in [0.2, 0.25) is 0 Å². The van der Waals surface area contributed by atoms with Crippen LogP contribution in [-0.4, -0.2) is 54.8 Å². The van der Waals surface area contributed by atoms with Gasteiger partial charge in [-0.1, -0.05) is 19.3 Å². The van der Waals surface area contributed by atoms with Crippen LogP contribution in [0.4, 0.5) is 5.69 Å². The molecule has 0 aromatic heterocycles. The normalized spacial score (nSPS) is 14.2. The molecule has 1 fully saturated rings. The Balaban J connectivity index is 1.95. The Morgan fingerprint density at radius 1 is 0.857 bits per heavy atom. The van der Waals surface area contributed by atoms with Gasteiger partial charge in [-0.25, -0.2) is 17.9 Å². The predicted molar refractivity (Wildman–Crippen MR) is 129 cm³/mol. The highest BCUT2D eigenvalue weighted by Gasteiger charge is 2.27. The molecule has 0 spiro atoms. The summed E-state index contributed by atoms with van der Waals surface area (Å²) in [7, 11) is 1.46. The first-order valence-electron chi connectivity index (χ1n) is 11.1. The molecule has 1 saturated carbocycles. The number of hydrogen-bond acceptors (Lipinski definition) is 8. The lowest BCUT2D eigenvalue weighted by Crippen LogP contribution is -2.36. The SMILES string of the molecule is COC(=O)c1cc(OC)c(OC)cc1NC(=O)c1ccc(OC)c(S(=O)(=O)NC2CCCCC2)c1. The van der Waals surface area contributed by atoms with E-state index in [1.807, 2.05) is 0 Å². The summed E-state index contributed by atoms with van der Waals surface area (Å²) in [6.07, 6.45) is 4.52. The molecule has 11 heteroatoms. The topological polar surface area (TPSA) is 129 Å². The van der Waals surface area contributed by atoms with Gasteiger partial charge in [-0.15, -0.1) is 0 Å². The lowest BCUT2D eigenvalue weighted by atomic mass is 9.96. The molecule has 1 aliphatic rings. The van der Waals surface area contributed by atoms with Crippen molar-refractivity contribution < 1.29 is 37.0 Å². The molecule has 0 atom stereocenters. The van der Waals surface area contributed by atoms with E-state index in [-0.39, 0.29) is 45.0 Å². The second kappa shape index (κ2) is 11.4. The highest BCUT2D eigenvalue weighted by molar-refractivity contribution is 7.89. The number of carbonyl (C=O) groups is 2. The number of amides is 1. The van der Waals surface area contributed by atoms with Gasteiger partial charge >= 0.3 is 5.97 Å². The Morgan fingerprint density at radius 2 is 1.49 bits per heavy atom. The number of nitrogens with one attached hydrogen (secondary N) is 2. The van der Waals surface area contributed by atoms with Crippen molar-refractivity contribution in [1.82, 2.24) is 4.72 Å². The Bertz CT molecular complexity index is 1190. The third-order valence-electron chi connectivity index (χ3n) is 5.82. The van der Waals surface area contributed by atoms with Gasteiger partial charge < -0.3 is 24.3 Å². The molecule has 2 N–H and O–H groups in total. The van der Waals surface area contributed by atoms with E-state index in [4.69, 9.17) is 18.9 Å². The monoisotopic (exact) mass is 506 g/mol. The number of hydrogen-bond donors (Lipinski definition) is 2. The Hall–Kier alpha value is -3.31. The van der Waals surface area contributed by atoms with E-state index in [2.05, 4.69) is 10.0 Å². The van der Waals surface area contributed by atoms with E-state index >= 15 is 0 Å². The van der Waals surface area contributed by atoms with E-state index in [0.717, 1.165) is 32.1 Å². The number of benzene rings is 2. The third kappa shape index (κ3) is 6.04. The number of ether oxygens (including phenoxy) is 4. The predicted octanol–water partition coefficient (Wildman–Crippen LogP) is 3.36. The van der Waals surface area contributed by atoms with Crippen LogP contribution in [0, 0.1) is 0 Å². The average molecular weight is 507 g/mol. The van der Waals surface area contributed by atoms with Crippen molar-refractivity contribution in [2.75, 3.05) is 33.8 Å². The van der Waals surface area contributed by atoms with E-state index in [1.165, 1.54) is 58.8 Å². The van der Waals surface area contributed by atoms with E-state index in [1.54, 1.807) is 0 Å². The van der Waals surface area contributed by atoms with Gasteiger partial charge in [0, 0.05) is 23.7 Å². The number of methoxy groups -OCH3 is 4. The van der Waals surface area contributed by atoms with Gasteiger partial charge in [0.05, 0.1) is 39.7 Å². The summed E-state index contributed by atoms with van der Waals surface area (Å²) in [6.45, 7) is 0. The molecule has 0 unspecified atom stereocenters. The molecule has 10 nitrogen and oxygen atoms in total. The molecule has 0 saturated heterocycles. The van der Waals surface area contributed by atoms with Crippen molar-refractivity contribution in [1.29, 1.82) is 0 Å². The molecule has 1 aliphatic carbocycles. The number of carbonyl (C=O) groups excluding carboxylic acids is 2. The van der Waals surface area contributed by atoms with Crippen molar-refractivity contribution in [2.45, 2.75) is 43.0 Å².